The van der Waals surface area contributed by atoms with Gasteiger partial charge in [0, 0.05) is 77.3 Å². The van der Waals surface area contributed by atoms with Gasteiger partial charge in [-0.05, 0) is 147 Å². The number of fused-ring (bicyclic) bond motifs is 18. The summed E-state index contributed by atoms with van der Waals surface area (Å²) < 4.78 is 23.6. The van der Waals surface area contributed by atoms with E-state index in [2.05, 4.69) is 31.3 Å². The molecule has 0 aromatic carbocycles. The summed E-state index contributed by atoms with van der Waals surface area (Å²) in [6, 6.07) is 0. The largest absolute Gasteiger partial charge is 2.00 e. The third kappa shape index (κ3) is 13.2. The van der Waals surface area contributed by atoms with E-state index in [1.54, 1.807) is 6.92 Å². The first kappa shape index (κ1) is 58.7. The fourth-order valence-electron chi connectivity index (χ4n) is 8.35. The maximum Gasteiger partial charge on any atom is 2.00 e. The summed E-state index contributed by atoms with van der Waals surface area (Å²) in [4.78, 5) is 52.2. The fourth-order valence-corrected chi connectivity index (χ4v) is 8.69. The molecule has 2 aliphatic heterocycles. The molecular formula is C45H68BCuN13O2SY-. The van der Waals surface area contributed by atoms with E-state index in [4.69, 9.17) is 39.9 Å². The van der Waals surface area contributed by atoms with Crippen molar-refractivity contribution in [2.45, 2.75) is 160 Å². The van der Waals surface area contributed by atoms with E-state index in [1.165, 1.54) is 44.5 Å². The number of nitrogens with zero attached hydrogens (tertiary/aromatic N) is 11. The predicted octanol–water partition coefficient (Wildman–Crippen LogP) is 8.60. The average molecular weight is 1020 g/mol. The van der Waals surface area contributed by atoms with E-state index in [1.807, 2.05) is 27.7 Å². The summed E-state index contributed by atoms with van der Waals surface area (Å²) >= 11 is 0. The first-order chi connectivity index (χ1) is 28.3. The first-order valence-electron chi connectivity index (χ1n) is 21.2. The van der Waals surface area contributed by atoms with E-state index >= 15 is 0 Å². The Morgan fingerprint density at radius 2 is 0.859 bits per heavy atom. The fraction of sp³-hybridized carbons (Fsp3) is 0.578. The van der Waals surface area contributed by atoms with Crippen LogP contribution in [0.25, 0.3) is 44.9 Å². The third-order valence-corrected chi connectivity index (χ3v) is 11.6. The van der Waals surface area contributed by atoms with Crippen molar-refractivity contribution >= 4 is 69.3 Å². The van der Waals surface area contributed by atoms with Crippen molar-refractivity contribution in [3.05, 3.63) is 57.7 Å². The first-order valence-corrected chi connectivity index (χ1v) is 23.0. The van der Waals surface area contributed by atoms with Gasteiger partial charge in [0.25, 0.3) is 0 Å². The Kier molecular flexibility index (Phi) is 24.6. The van der Waals surface area contributed by atoms with Crippen molar-refractivity contribution in [2.75, 3.05) is 18.2 Å². The van der Waals surface area contributed by atoms with E-state index in [0.717, 1.165) is 155 Å². The molecule has 5 radical (unpaired) electrons. The number of hydrogen-bond donors (Lipinski definition) is 2. The van der Waals surface area contributed by atoms with Gasteiger partial charge in [0.05, 0.1) is 36.2 Å². The molecule has 0 spiro atoms. The number of aryl methyl sites for hydroxylation is 5. The predicted molar refractivity (Wildman–Crippen MR) is 255 cm³/mol. The van der Waals surface area contributed by atoms with Gasteiger partial charge in [-0.15, -0.1) is 0 Å². The van der Waals surface area contributed by atoms with Crippen LogP contribution in [0, 0.1) is 13.3 Å². The number of allylic oxidation sites excluding steroid dienone is 4. The van der Waals surface area contributed by atoms with E-state index in [-0.39, 0.29) is 94.5 Å². The second-order valence-corrected chi connectivity index (χ2v) is 16.5. The Bertz CT molecular complexity index is 2280. The van der Waals surface area contributed by atoms with Crippen LogP contribution >= 0.6 is 0 Å². The summed E-state index contributed by atoms with van der Waals surface area (Å²) in [6.45, 7) is 9.73. The monoisotopic (exact) mass is 1020 g/mol. The van der Waals surface area contributed by atoms with Crippen LogP contribution in [0.3, 0.4) is 0 Å². The zero-order valence-corrected chi connectivity index (χ0v) is 40.7. The quantitative estimate of drug-likeness (QED) is 0.112. The van der Waals surface area contributed by atoms with Crippen LogP contribution in [0.5, 0.6) is 0 Å². The van der Waals surface area contributed by atoms with Crippen molar-refractivity contribution in [3.8, 4) is 0 Å². The minimum atomic E-state index is -3.20. The molecule has 349 valence electrons. The van der Waals surface area contributed by atoms with Crippen LogP contribution in [-0.2, 0) is 85.5 Å². The van der Waals surface area contributed by atoms with Gasteiger partial charge in [-0.1, -0.05) is 56.9 Å². The molecule has 6 heterocycles. The van der Waals surface area contributed by atoms with Crippen LogP contribution in [0.1, 0.15) is 180 Å². The molecule has 0 atom stereocenters. The molecule has 0 saturated carbocycles. The molecule has 4 aromatic heterocycles. The topological polar surface area (TPSA) is 202 Å². The van der Waals surface area contributed by atoms with Gasteiger partial charge in [0.15, 0.2) is 0 Å². The summed E-state index contributed by atoms with van der Waals surface area (Å²) in [6.07, 6.45) is 20.7. The van der Waals surface area contributed by atoms with Gasteiger partial charge in [0.1, 0.15) is 5.95 Å². The number of anilines is 1. The smallest absolute Gasteiger partial charge is 0.394 e. The second-order valence-electron chi connectivity index (χ2n) is 14.7. The molecule has 10 rings (SSSR count). The van der Waals surface area contributed by atoms with Gasteiger partial charge in [0.2, 0.25) is 10.0 Å². The van der Waals surface area contributed by atoms with E-state index in [0.29, 0.717) is 5.82 Å². The Morgan fingerprint density at radius 3 is 1.16 bits per heavy atom. The van der Waals surface area contributed by atoms with Gasteiger partial charge in [-0.3, -0.25) is 0 Å². The Balaban J connectivity index is 0.00000142. The molecule has 0 saturated heterocycles. The van der Waals surface area contributed by atoms with Crippen molar-refractivity contribution in [3.63, 3.8) is 0 Å². The maximum absolute atomic E-state index is 10.7. The van der Waals surface area contributed by atoms with Gasteiger partial charge in [-0.2, -0.15) is 4.72 Å². The zero-order valence-electron chi connectivity index (χ0n) is 36.1. The van der Waals surface area contributed by atoms with Gasteiger partial charge < -0.3 is 50.2 Å². The number of aromatic nitrogens is 11. The standard InChI is InChI=1S/C32H32N8.C6H10N5O2S.2C2H6.3CH4.B.Cu.Y.H2/c1-2-10-18-17(9-1)25-33-26(18)38-28-21-13-5-6-14-22(21)30(35-28)40-32-24-16-8-7-15-23(24)31(36-32)39-29-20-12-4-3-11-19(20)27(34-29)37-25;1-5-7-3-8-6(11-5)9-4-10-14(2,12)13;2*1-2;;;;;;;/h1-16H2;10H,4H2,1-2H3,(H,7,8,9,11);2*1-2H3;3*1H4;;;;1H/q-2;-1;;;;;;;+2;;/i;;;;;;;;;;1+1. The molecular weight excluding hydrogens is 950 g/mol. The Morgan fingerprint density at radius 1 is 0.547 bits per heavy atom. The van der Waals surface area contributed by atoms with E-state index < -0.39 is 10.0 Å². The van der Waals surface area contributed by atoms with Gasteiger partial charge in [-0.25, -0.2) is 18.4 Å². The Hall–Kier alpha value is -3.27. The molecule has 0 fully saturated rings. The average Bonchev–Trinajstić information content (AvgIpc) is 3.98. The molecule has 0 unspecified atom stereocenters. The molecule has 19 heteroatoms. The zero-order chi connectivity index (χ0) is 40.8. The minimum absolute atomic E-state index is 0. The number of sulfonamides is 1. The molecule has 2 N–H and O–H groups in total. The summed E-state index contributed by atoms with van der Waals surface area (Å²) in [5.41, 5.74) is 13.2. The van der Waals surface area contributed by atoms with Crippen LogP contribution in [0.2, 0.25) is 0 Å². The van der Waals surface area contributed by atoms with Crippen LogP contribution < -0.4 is 20.0 Å². The van der Waals surface area contributed by atoms with Crippen LogP contribution in [0.4, 0.5) is 5.95 Å². The molecule has 4 aliphatic carbocycles. The number of nitrogens with one attached hydrogen (secondary N) is 2. The van der Waals surface area contributed by atoms with Crippen molar-refractivity contribution in [1.29, 1.82) is 0 Å². The van der Waals surface area contributed by atoms with Crippen LogP contribution in [0.15, 0.2) is 0 Å². The number of hydrogen-bond acceptors (Lipinski definition) is 12. The normalized spacial score (nSPS) is 15.3. The van der Waals surface area contributed by atoms with Crippen molar-refractivity contribution < 1.29 is 59.6 Å². The third-order valence-electron chi connectivity index (χ3n) is 10.9. The summed E-state index contributed by atoms with van der Waals surface area (Å²) in [5.74, 6) is 4.00. The molecule has 8 bridgehead atoms. The van der Waals surface area contributed by atoms with Gasteiger partial charge >= 0.3 is 17.1 Å². The molecule has 4 aromatic rings. The van der Waals surface area contributed by atoms with E-state index in [9.17, 15) is 8.42 Å². The Labute approximate surface area is 421 Å². The minimum Gasteiger partial charge on any atom is -0.394 e. The van der Waals surface area contributed by atoms with Crippen molar-refractivity contribution in [2.24, 2.45) is 0 Å². The molecule has 15 nitrogen and oxygen atoms in total. The second kappa shape index (κ2) is 26.8. The molecule has 6 aliphatic rings. The van der Waals surface area contributed by atoms with Crippen LogP contribution in [-0.4, -0.2) is 74.6 Å². The molecule has 64 heavy (non-hydrogen) atoms. The SMILES string of the molecule is C.C.C.C1CCC2=C(C1)c1nc2nc2[n-]c(nc3nc(nc4[n-]c(n1)c1c4CCCC1)C1=C3CCCC1)c1c2CCCC1.CC.CC.Cc1n[c-]nc(NCNS(C)(=O)=O)n1.[2HH].[B].[Cu+2].[Y]. The summed E-state index contributed by atoms with van der Waals surface area (Å²) in [5, 5.41) is 2.66. The van der Waals surface area contributed by atoms with Crippen molar-refractivity contribution in [1.82, 2.24) is 59.5 Å². The molecule has 0 amide bonds. The number of rotatable bonds is 4. The summed E-state index contributed by atoms with van der Waals surface area (Å²) in [7, 11) is -3.20. The maximum atomic E-state index is 10.7.